The average molecular weight is 449 g/mol. The second kappa shape index (κ2) is 8.57. The highest BCUT2D eigenvalue weighted by Gasteiger charge is 2.33. The molecule has 1 aromatic heterocycles. The third-order valence-electron chi connectivity index (χ3n) is 6.99. The van der Waals surface area contributed by atoms with Gasteiger partial charge in [0.15, 0.2) is 5.82 Å². The maximum Gasteiger partial charge on any atom is 0.319 e. The van der Waals surface area contributed by atoms with Crippen LogP contribution >= 0.6 is 0 Å². The fraction of sp³-hybridized carbons (Fsp3) is 0.560. The highest BCUT2D eigenvalue weighted by atomic mass is 16.5. The molecule has 1 aromatic carbocycles. The molecule has 8 heteroatoms. The van der Waals surface area contributed by atoms with Gasteiger partial charge in [0.05, 0.1) is 24.9 Å². The zero-order chi connectivity index (χ0) is 22.4. The summed E-state index contributed by atoms with van der Waals surface area (Å²) in [6, 6.07) is 8.34. The zero-order valence-corrected chi connectivity index (χ0v) is 19.2. The number of hydrogen-bond donors (Lipinski definition) is 2. The van der Waals surface area contributed by atoms with Gasteiger partial charge in [-0.15, -0.1) is 0 Å². The van der Waals surface area contributed by atoms with Gasteiger partial charge in [-0.1, -0.05) is 0 Å². The number of amides is 2. The predicted octanol–water partition coefficient (Wildman–Crippen LogP) is 3.38. The molecule has 8 nitrogen and oxygen atoms in total. The monoisotopic (exact) mass is 448 g/mol. The molecule has 2 aliphatic carbocycles. The number of ether oxygens (including phenoxy) is 1. The molecule has 0 spiro atoms. The van der Waals surface area contributed by atoms with Crippen molar-refractivity contribution in [2.45, 2.75) is 57.8 Å². The molecule has 6 rings (SSSR count). The van der Waals surface area contributed by atoms with Gasteiger partial charge < -0.3 is 20.3 Å². The van der Waals surface area contributed by atoms with E-state index in [1.807, 2.05) is 24.3 Å². The van der Waals surface area contributed by atoms with Crippen LogP contribution in [0.1, 0.15) is 43.9 Å². The Bertz CT molecular complexity index is 1030. The molecule has 3 heterocycles. The first-order valence-electron chi connectivity index (χ1n) is 12.3. The summed E-state index contributed by atoms with van der Waals surface area (Å²) in [7, 11) is 0. The topological polar surface area (TPSA) is 82.6 Å². The van der Waals surface area contributed by atoms with Gasteiger partial charge in [-0.3, -0.25) is 4.90 Å². The van der Waals surface area contributed by atoms with E-state index in [9.17, 15) is 4.79 Å². The number of rotatable bonds is 6. The van der Waals surface area contributed by atoms with Gasteiger partial charge in [0, 0.05) is 49.0 Å². The number of urea groups is 1. The lowest BCUT2D eigenvalue weighted by atomic mass is 10.1. The lowest BCUT2D eigenvalue weighted by molar-refractivity contribution is 0.0984. The molecule has 1 saturated heterocycles. The molecule has 2 N–H and O–H groups in total. The van der Waals surface area contributed by atoms with E-state index >= 15 is 0 Å². The third kappa shape index (κ3) is 4.68. The summed E-state index contributed by atoms with van der Waals surface area (Å²) < 4.78 is 5.69. The van der Waals surface area contributed by atoms with Crippen LogP contribution in [-0.2, 0) is 17.8 Å². The van der Waals surface area contributed by atoms with Gasteiger partial charge in [-0.25, -0.2) is 14.8 Å². The van der Waals surface area contributed by atoms with Gasteiger partial charge in [0.2, 0.25) is 0 Å². The van der Waals surface area contributed by atoms with Crippen molar-refractivity contribution in [1.82, 2.24) is 20.2 Å². The Morgan fingerprint density at radius 1 is 1.12 bits per heavy atom. The highest BCUT2D eigenvalue weighted by Crippen LogP contribution is 2.37. The first kappa shape index (κ1) is 20.9. The molecule has 4 aliphatic rings. The molecule has 33 heavy (non-hydrogen) atoms. The molecule has 2 aliphatic heterocycles. The molecule has 3 fully saturated rings. The van der Waals surface area contributed by atoms with E-state index in [1.165, 1.54) is 18.4 Å². The van der Waals surface area contributed by atoms with Crippen molar-refractivity contribution in [3.8, 4) is 11.4 Å². The summed E-state index contributed by atoms with van der Waals surface area (Å²) in [6.07, 6.45) is 4.86. The number of aromatic nitrogens is 2. The number of hydrogen-bond acceptors (Lipinski definition) is 6. The van der Waals surface area contributed by atoms with E-state index in [4.69, 9.17) is 14.7 Å². The van der Waals surface area contributed by atoms with Crippen LogP contribution in [-0.4, -0.2) is 59.3 Å². The van der Waals surface area contributed by atoms with Gasteiger partial charge >= 0.3 is 6.03 Å². The van der Waals surface area contributed by atoms with E-state index in [0.717, 1.165) is 86.7 Å². The molecule has 2 saturated carbocycles. The van der Waals surface area contributed by atoms with E-state index in [2.05, 4.69) is 27.4 Å². The van der Waals surface area contributed by atoms with Crippen molar-refractivity contribution < 1.29 is 9.53 Å². The van der Waals surface area contributed by atoms with Crippen molar-refractivity contribution in [3.63, 3.8) is 0 Å². The number of carbonyl (C=O) groups excluding carboxylic acids is 1. The van der Waals surface area contributed by atoms with Crippen LogP contribution in [0.5, 0.6) is 0 Å². The predicted molar refractivity (Wildman–Crippen MR) is 127 cm³/mol. The normalized spacial score (nSPS) is 22.8. The lowest BCUT2D eigenvalue weighted by Crippen LogP contribution is -2.44. The summed E-state index contributed by atoms with van der Waals surface area (Å²) in [5, 5.41) is 5.86. The smallest absolute Gasteiger partial charge is 0.319 e. The minimum Gasteiger partial charge on any atom is -0.377 e. The molecule has 0 bridgehead atoms. The van der Waals surface area contributed by atoms with Crippen LogP contribution in [0, 0.1) is 5.92 Å². The van der Waals surface area contributed by atoms with Crippen LogP contribution in [0.4, 0.5) is 16.3 Å². The second-order valence-electron chi connectivity index (χ2n) is 9.98. The molecule has 2 aromatic rings. The van der Waals surface area contributed by atoms with Crippen molar-refractivity contribution in [3.05, 3.63) is 35.5 Å². The molecule has 0 unspecified atom stereocenters. The average Bonchev–Trinajstić information content (AvgIpc) is 3.74. The maximum absolute atomic E-state index is 12.0. The van der Waals surface area contributed by atoms with E-state index in [0.29, 0.717) is 12.1 Å². The molecule has 174 valence electrons. The largest absolute Gasteiger partial charge is 0.377 e. The summed E-state index contributed by atoms with van der Waals surface area (Å²) >= 11 is 0. The lowest BCUT2D eigenvalue weighted by Gasteiger charge is -2.35. The van der Waals surface area contributed by atoms with Crippen LogP contribution in [0.3, 0.4) is 0 Å². The fourth-order valence-electron chi connectivity index (χ4n) is 4.79. The van der Waals surface area contributed by atoms with Gasteiger partial charge in [-0.2, -0.15) is 0 Å². The number of nitrogens with zero attached hydrogens (tertiary/aromatic N) is 4. The Kier molecular flexibility index (Phi) is 5.42. The zero-order valence-electron chi connectivity index (χ0n) is 19.2. The minimum absolute atomic E-state index is 0.140. The van der Waals surface area contributed by atoms with Crippen molar-refractivity contribution in [2.75, 3.05) is 36.5 Å². The molecule has 1 atom stereocenters. The SMILES string of the molecule is C[C@H]1COCCN1c1nc(-c2ccc(NC(=O)NC3CC3)cc2)nc2c1CN(CC1CC1)C2. The third-order valence-corrected chi connectivity index (χ3v) is 6.99. The van der Waals surface area contributed by atoms with Gasteiger partial charge in [0.25, 0.3) is 0 Å². The fourth-order valence-corrected chi connectivity index (χ4v) is 4.79. The second-order valence-corrected chi connectivity index (χ2v) is 9.98. The van der Waals surface area contributed by atoms with E-state index in [1.54, 1.807) is 0 Å². The summed E-state index contributed by atoms with van der Waals surface area (Å²) in [6.45, 7) is 7.51. The summed E-state index contributed by atoms with van der Waals surface area (Å²) in [5.74, 6) is 2.68. The van der Waals surface area contributed by atoms with Gasteiger partial charge in [0.1, 0.15) is 5.82 Å². The Morgan fingerprint density at radius 2 is 1.94 bits per heavy atom. The molecular weight excluding hydrogens is 416 g/mol. The first-order chi connectivity index (χ1) is 16.1. The first-order valence-corrected chi connectivity index (χ1v) is 12.3. The Labute approximate surface area is 194 Å². The number of nitrogens with one attached hydrogen (secondary N) is 2. The van der Waals surface area contributed by atoms with Crippen molar-refractivity contribution >= 4 is 17.5 Å². The van der Waals surface area contributed by atoms with Crippen molar-refractivity contribution in [1.29, 1.82) is 0 Å². The summed E-state index contributed by atoms with van der Waals surface area (Å²) in [5.41, 5.74) is 4.17. The van der Waals surface area contributed by atoms with Gasteiger partial charge in [-0.05, 0) is 62.8 Å². The Hall–Kier alpha value is -2.71. The molecule has 2 amide bonds. The number of carbonyl (C=O) groups is 1. The quantitative estimate of drug-likeness (QED) is 0.705. The number of benzene rings is 1. The number of anilines is 2. The van der Waals surface area contributed by atoms with Crippen LogP contribution in [0.2, 0.25) is 0 Å². The minimum atomic E-state index is -0.140. The van der Waals surface area contributed by atoms with Crippen LogP contribution in [0.15, 0.2) is 24.3 Å². The molecule has 0 radical (unpaired) electrons. The Morgan fingerprint density at radius 3 is 2.67 bits per heavy atom. The standard InChI is InChI=1S/C25H32N6O2/c1-16-15-33-11-10-31(16)24-21-13-30(12-17-2-3-17)14-22(21)28-23(29-24)18-4-6-19(7-5-18)26-25(32)27-20-8-9-20/h4-7,16-17,20H,2-3,8-15H2,1H3,(H2,26,27,32)/t16-/m0/s1. The highest BCUT2D eigenvalue weighted by molar-refractivity contribution is 5.89. The number of fused-ring (bicyclic) bond motifs is 1. The van der Waals surface area contributed by atoms with E-state index in [-0.39, 0.29) is 6.03 Å². The summed E-state index contributed by atoms with van der Waals surface area (Å²) in [4.78, 5) is 27.1. The maximum atomic E-state index is 12.0. The molecular formula is C25H32N6O2. The Balaban J connectivity index is 1.27. The van der Waals surface area contributed by atoms with Crippen LogP contribution < -0.4 is 15.5 Å². The van der Waals surface area contributed by atoms with Crippen molar-refractivity contribution in [2.24, 2.45) is 5.92 Å². The van der Waals surface area contributed by atoms with Crippen LogP contribution in [0.25, 0.3) is 11.4 Å². The number of morpholine rings is 1. The van der Waals surface area contributed by atoms with E-state index < -0.39 is 0 Å².